The molecule has 2 unspecified atom stereocenters. The van der Waals surface area contributed by atoms with Crippen molar-refractivity contribution in [3.05, 3.63) is 12.2 Å². The molecule has 1 rings (SSSR count). The van der Waals surface area contributed by atoms with Crippen LogP contribution in [0, 0.1) is 0 Å². The SMILES string of the molecule is CCCCC/C=C\CC1OC1CCCCCCCC(=O)OC[C@H](CO)OC(=O)CCCCCCCCCCCCCCC. The van der Waals surface area contributed by atoms with E-state index in [0.717, 1.165) is 57.8 Å². The summed E-state index contributed by atoms with van der Waals surface area (Å²) in [6, 6.07) is 0. The average Bonchev–Trinajstić information content (AvgIpc) is 3.76. The molecule has 1 heterocycles. The maximum absolute atomic E-state index is 12.1. The van der Waals surface area contributed by atoms with Gasteiger partial charge in [0.15, 0.2) is 6.10 Å². The molecule has 6 heteroatoms. The zero-order valence-corrected chi connectivity index (χ0v) is 28.2. The molecule has 252 valence electrons. The van der Waals surface area contributed by atoms with E-state index in [0.29, 0.717) is 25.0 Å². The molecule has 0 saturated carbocycles. The summed E-state index contributed by atoms with van der Waals surface area (Å²) in [7, 11) is 0. The van der Waals surface area contributed by atoms with Gasteiger partial charge in [-0.25, -0.2) is 0 Å². The summed E-state index contributed by atoms with van der Waals surface area (Å²) in [5.41, 5.74) is 0. The normalized spacial score (nSPS) is 16.9. The van der Waals surface area contributed by atoms with Crippen molar-refractivity contribution < 1.29 is 28.9 Å². The van der Waals surface area contributed by atoms with Crippen LogP contribution in [-0.2, 0) is 23.8 Å². The van der Waals surface area contributed by atoms with Crippen molar-refractivity contribution in [3.63, 3.8) is 0 Å². The molecule has 0 amide bonds. The van der Waals surface area contributed by atoms with Gasteiger partial charge in [0.1, 0.15) is 6.61 Å². The second kappa shape index (κ2) is 29.3. The lowest BCUT2D eigenvalue weighted by atomic mass is 10.0. The Balaban J connectivity index is 1.89. The molecule has 1 saturated heterocycles. The van der Waals surface area contributed by atoms with Crippen LogP contribution in [-0.4, -0.2) is 48.6 Å². The van der Waals surface area contributed by atoms with Gasteiger partial charge >= 0.3 is 11.9 Å². The summed E-state index contributed by atoms with van der Waals surface area (Å²) >= 11 is 0. The third kappa shape index (κ3) is 25.6. The predicted octanol–water partition coefficient (Wildman–Crippen LogP) is 9.94. The lowest BCUT2D eigenvalue weighted by molar-refractivity contribution is -0.161. The number of epoxide rings is 1. The first kappa shape index (κ1) is 39.6. The van der Waals surface area contributed by atoms with E-state index < -0.39 is 6.10 Å². The Morgan fingerprint density at radius 1 is 0.651 bits per heavy atom. The minimum atomic E-state index is -0.775. The zero-order chi connectivity index (χ0) is 31.2. The Labute approximate surface area is 265 Å². The third-order valence-electron chi connectivity index (χ3n) is 8.48. The first-order chi connectivity index (χ1) is 21.1. The molecule has 43 heavy (non-hydrogen) atoms. The van der Waals surface area contributed by atoms with Crippen LogP contribution in [0.3, 0.4) is 0 Å². The van der Waals surface area contributed by atoms with E-state index in [1.807, 2.05) is 0 Å². The van der Waals surface area contributed by atoms with Gasteiger partial charge in [0.2, 0.25) is 0 Å². The average molecular weight is 609 g/mol. The van der Waals surface area contributed by atoms with Gasteiger partial charge in [-0.1, -0.05) is 142 Å². The molecule has 3 atom stereocenters. The number of carbonyl (C=O) groups is 2. The molecule has 0 aromatic heterocycles. The van der Waals surface area contributed by atoms with Gasteiger partial charge < -0.3 is 19.3 Å². The topological polar surface area (TPSA) is 85.4 Å². The summed E-state index contributed by atoms with van der Waals surface area (Å²) in [6.45, 7) is 4.08. The number of unbranched alkanes of at least 4 members (excludes halogenated alkanes) is 19. The molecule has 0 aromatic rings. The minimum Gasteiger partial charge on any atom is -0.462 e. The van der Waals surface area contributed by atoms with E-state index in [-0.39, 0.29) is 25.2 Å². The second-order valence-corrected chi connectivity index (χ2v) is 12.7. The van der Waals surface area contributed by atoms with Crippen molar-refractivity contribution in [1.82, 2.24) is 0 Å². The molecule has 1 N–H and O–H groups in total. The fourth-order valence-electron chi connectivity index (χ4n) is 5.56. The van der Waals surface area contributed by atoms with E-state index in [9.17, 15) is 14.7 Å². The minimum absolute atomic E-state index is 0.0733. The van der Waals surface area contributed by atoms with E-state index in [1.165, 1.54) is 96.3 Å². The van der Waals surface area contributed by atoms with E-state index in [4.69, 9.17) is 14.2 Å². The van der Waals surface area contributed by atoms with E-state index >= 15 is 0 Å². The van der Waals surface area contributed by atoms with Crippen LogP contribution < -0.4 is 0 Å². The first-order valence-electron chi connectivity index (χ1n) is 18.4. The van der Waals surface area contributed by atoms with Gasteiger partial charge in [0.25, 0.3) is 0 Å². The van der Waals surface area contributed by atoms with Crippen LogP contribution in [0.25, 0.3) is 0 Å². The molecule has 1 aliphatic rings. The number of ether oxygens (including phenoxy) is 3. The standard InChI is InChI=1S/C37H68O6/c1-3-5-7-9-11-12-13-14-15-16-17-21-26-30-37(40)42-33(31-38)32-41-36(39)29-25-22-18-20-24-28-35-34(43-35)27-23-19-10-8-6-4-2/h19,23,33-35,38H,3-18,20-22,24-32H2,1-2H3/b23-19-/t33-,34?,35?/m0/s1. The number of allylic oxidation sites excluding steroid dienone is 1. The molecular weight excluding hydrogens is 540 g/mol. The summed E-state index contributed by atoms with van der Waals surface area (Å²) in [5, 5.41) is 9.53. The fraction of sp³-hybridized carbons (Fsp3) is 0.892. The van der Waals surface area contributed by atoms with Crippen LogP contribution in [0.2, 0.25) is 0 Å². The molecule has 0 bridgehead atoms. The highest BCUT2D eigenvalue weighted by Gasteiger charge is 2.36. The Morgan fingerprint density at radius 3 is 1.74 bits per heavy atom. The summed E-state index contributed by atoms with van der Waals surface area (Å²) in [5.74, 6) is -0.608. The van der Waals surface area contributed by atoms with E-state index in [2.05, 4.69) is 26.0 Å². The predicted molar refractivity (Wildman–Crippen MR) is 177 cm³/mol. The smallest absolute Gasteiger partial charge is 0.306 e. The van der Waals surface area contributed by atoms with Crippen molar-refractivity contribution in [2.75, 3.05) is 13.2 Å². The Kier molecular flexibility index (Phi) is 27.0. The molecule has 0 aromatic carbocycles. The molecule has 0 radical (unpaired) electrons. The Bertz CT molecular complexity index is 678. The summed E-state index contributed by atoms with van der Waals surface area (Å²) in [4.78, 5) is 24.2. The Morgan fingerprint density at radius 2 is 1.16 bits per heavy atom. The highest BCUT2D eigenvalue weighted by atomic mass is 16.6. The van der Waals surface area contributed by atoms with Gasteiger partial charge in [0, 0.05) is 12.8 Å². The van der Waals surface area contributed by atoms with Gasteiger partial charge in [-0.05, 0) is 38.5 Å². The van der Waals surface area contributed by atoms with Crippen LogP contribution >= 0.6 is 0 Å². The van der Waals surface area contributed by atoms with E-state index in [1.54, 1.807) is 0 Å². The Hall–Kier alpha value is -1.40. The molecule has 1 fully saturated rings. The lowest BCUT2D eigenvalue weighted by Gasteiger charge is -2.15. The van der Waals surface area contributed by atoms with Gasteiger partial charge in [-0.3, -0.25) is 9.59 Å². The number of aliphatic hydroxyl groups is 1. The number of carbonyl (C=O) groups excluding carboxylic acids is 2. The quantitative estimate of drug-likeness (QED) is 0.0354. The van der Waals surface area contributed by atoms with Crippen molar-refractivity contribution >= 4 is 11.9 Å². The second-order valence-electron chi connectivity index (χ2n) is 12.7. The number of esters is 2. The van der Waals surface area contributed by atoms with Crippen molar-refractivity contribution in [1.29, 1.82) is 0 Å². The van der Waals surface area contributed by atoms with Gasteiger partial charge in [-0.15, -0.1) is 0 Å². The fourth-order valence-corrected chi connectivity index (χ4v) is 5.56. The van der Waals surface area contributed by atoms with Crippen molar-refractivity contribution in [2.24, 2.45) is 0 Å². The maximum atomic E-state index is 12.1. The van der Waals surface area contributed by atoms with Crippen molar-refractivity contribution in [2.45, 2.75) is 199 Å². The largest absolute Gasteiger partial charge is 0.462 e. The highest BCUT2D eigenvalue weighted by molar-refractivity contribution is 5.70. The molecule has 6 nitrogen and oxygen atoms in total. The highest BCUT2D eigenvalue weighted by Crippen LogP contribution is 2.30. The number of rotatable bonds is 32. The monoisotopic (exact) mass is 609 g/mol. The number of aliphatic hydroxyl groups excluding tert-OH is 1. The number of hydrogen-bond acceptors (Lipinski definition) is 6. The van der Waals surface area contributed by atoms with Gasteiger partial charge in [-0.2, -0.15) is 0 Å². The molecule has 1 aliphatic heterocycles. The van der Waals surface area contributed by atoms with Crippen LogP contribution in [0.5, 0.6) is 0 Å². The maximum Gasteiger partial charge on any atom is 0.306 e. The molecule has 0 aliphatic carbocycles. The first-order valence-corrected chi connectivity index (χ1v) is 18.4. The summed E-state index contributed by atoms with van der Waals surface area (Å²) in [6.07, 6.45) is 34.3. The summed E-state index contributed by atoms with van der Waals surface area (Å²) < 4.78 is 16.4. The van der Waals surface area contributed by atoms with Crippen LogP contribution in [0.15, 0.2) is 12.2 Å². The third-order valence-corrected chi connectivity index (χ3v) is 8.48. The molecule has 0 spiro atoms. The van der Waals surface area contributed by atoms with Crippen LogP contribution in [0.1, 0.15) is 181 Å². The lowest BCUT2D eigenvalue weighted by Crippen LogP contribution is -2.28. The van der Waals surface area contributed by atoms with Crippen LogP contribution in [0.4, 0.5) is 0 Å². The van der Waals surface area contributed by atoms with Crippen molar-refractivity contribution in [3.8, 4) is 0 Å². The number of hydrogen-bond donors (Lipinski definition) is 1. The zero-order valence-electron chi connectivity index (χ0n) is 28.2. The molecular formula is C37H68O6. The van der Waals surface area contributed by atoms with Gasteiger partial charge in [0.05, 0.1) is 18.8 Å².